The van der Waals surface area contributed by atoms with Crippen LogP contribution in [0, 0.1) is 0 Å². The Labute approximate surface area is 140 Å². The van der Waals surface area contributed by atoms with Crippen LogP contribution in [-0.4, -0.2) is 22.7 Å². The van der Waals surface area contributed by atoms with Gasteiger partial charge in [0, 0.05) is 22.7 Å². The van der Waals surface area contributed by atoms with E-state index in [0.29, 0.717) is 17.3 Å². The number of carbonyl (C=O) groups excluding carboxylic acids is 1. The first kappa shape index (κ1) is 15.0. The second kappa shape index (κ2) is 6.46. The van der Waals surface area contributed by atoms with Gasteiger partial charge in [0.05, 0.1) is 10.7 Å². The van der Waals surface area contributed by atoms with Gasteiger partial charge >= 0.3 is 0 Å². The number of hydrogen-bond acceptors (Lipinski definition) is 4. The standard InChI is InChI=1S/C15H11BrClN3O2/c16-10-3-1-2-9(6-10)12-7-13(22-20-12)15(21)19-14-5-4-11(17)8-18-14/h1-6,8,13H,7H2,(H,18,19,21)/t13-/m0/s1. The Balaban J connectivity index is 1.64. The first-order valence-corrected chi connectivity index (χ1v) is 7.70. The van der Waals surface area contributed by atoms with E-state index >= 15 is 0 Å². The number of rotatable bonds is 3. The van der Waals surface area contributed by atoms with Crippen LogP contribution in [0.15, 0.2) is 52.2 Å². The van der Waals surface area contributed by atoms with Crippen LogP contribution in [0.25, 0.3) is 0 Å². The molecule has 0 unspecified atom stereocenters. The third-order valence-electron chi connectivity index (χ3n) is 3.10. The Kier molecular flexibility index (Phi) is 4.40. The molecule has 1 N–H and O–H groups in total. The molecule has 1 aliphatic rings. The van der Waals surface area contributed by atoms with Crippen molar-refractivity contribution in [3.63, 3.8) is 0 Å². The Morgan fingerprint density at radius 2 is 2.23 bits per heavy atom. The van der Waals surface area contributed by atoms with Crippen LogP contribution in [0.2, 0.25) is 5.02 Å². The summed E-state index contributed by atoms with van der Waals surface area (Å²) in [6, 6.07) is 11.0. The Morgan fingerprint density at radius 1 is 1.36 bits per heavy atom. The molecule has 0 bridgehead atoms. The summed E-state index contributed by atoms with van der Waals surface area (Å²) in [7, 11) is 0. The first-order valence-electron chi connectivity index (χ1n) is 6.53. The molecule has 0 saturated heterocycles. The molecule has 2 heterocycles. The van der Waals surface area contributed by atoms with E-state index in [1.165, 1.54) is 6.20 Å². The Bertz CT molecular complexity index is 734. The lowest BCUT2D eigenvalue weighted by Gasteiger charge is -2.08. The summed E-state index contributed by atoms with van der Waals surface area (Å²) in [5.74, 6) is 0.137. The largest absolute Gasteiger partial charge is 0.382 e. The van der Waals surface area contributed by atoms with E-state index in [1.807, 2.05) is 24.3 Å². The third-order valence-corrected chi connectivity index (χ3v) is 3.81. The summed E-state index contributed by atoms with van der Waals surface area (Å²) in [4.78, 5) is 21.4. The minimum atomic E-state index is -0.661. The van der Waals surface area contributed by atoms with Crippen LogP contribution >= 0.6 is 27.5 Å². The van der Waals surface area contributed by atoms with Crippen molar-refractivity contribution in [2.24, 2.45) is 5.16 Å². The highest BCUT2D eigenvalue weighted by Crippen LogP contribution is 2.20. The number of halogens is 2. The van der Waals surface area contributed by atoms with Crippen molar-refractivity contribution < 1.29 is 9.63 Å². The minimum absolute atomic E-state index is 0.288. The monoisotopic (exact) mass is 379 g/mol. The van der Waals surface area contributed by atoms with Crippen molar-refractivity contribution in [2.75, 3.05) is 5.32 Å². The summed E-state index contributed by atoms with van der Waals surface area (Å²) >= 11 is 9.16. The zero-order valence-corrected chi connectivity index (χ0v) is 13.6. The second-order valence-corrected chi connectivity index (χ2v) is 6.05. The summed E-state index contributed by atoms with van der Waals surface area (Å²) in [6.45, 7) is 0. The SMILES string of the molecule is O=C(Nc1ccc(Cl)cn1)[C@@H]1CC(c2cccc(Br)c2)=NO1. The summed E-state index contributed by atoms with van der Waals surface area (Å²) in [5.41, 5.74) is 1.67. The molecule has 1 aromatic carbocycles. The lowest BCUT2D eigenvalue weighted by molar-refractivity contribution is -0.125. The van der Waals surface area contributed by atoms with Gasteiger partial charge in [-0.1, -0.05) is 44.8 Å². The fourth-order valence-corrected chi connectivity index (χ4v) is 2.52. The molecule has 1 amide bonds. The number of oxime groups is 1. The molecule has 2 aromatic rings. The number of nitrogens with one attached hydrogen (secondary N) is 1. The normalized spacial score (nSPS) is 16.8. The number of benzene rings is 1. The summed E-state index contributed by atoms with van der Waals surface area (Å²) < 4.78 is 0.950. The van der Waals surface area contributed by atoms with Gasteiger partial charge in [0.2, 0.25) is 6.10 Å². The van der Waals surface area contributed by atoms with Crippen molar-refractivity contribution in [3.05, 3.63) is 57.7 Å². The van der Waals surface area contributed by atoms with Crippen molar-refractivity contribution >= 4 is 45.0 Å². The Morgan fingerprint density at radius 3 is 2.95 bits per heavy atom. The number of carbonyl (C=O) groups is 1. The van der Waals surface area contributed by atoms with Crippen LogP contribution in [0.5, 0.6) is 0 Å². The number of hydrogen-bond donors (Lipinski definition) is 1. The molecule has 0 saturated carbocycles. The predicted octanol–water partition coefficient (Wildman–Crippen LogP) is 3.63. The first-order chi connectivity index (χ1) is 10.6. The van der Waals surface area contributed by atoms with Crippen LogP contribution in [0.1, 0.15) is 12.0 Å². The van der Waals surface area contributed by atoms with E-state index in [2.05, 4.69) is 31.4 Å². The summed E-state index contributed by atoms with van der Waals surface area (Å²) in [5, 5.41) is 7.19. The lowest BCUT2D eigenvalue weighted by Crippen LogP contribution is -2.28. The van der Waals surface area contributed by atoms with E-state index in [0.717, 1.165) is 15.7 Å². The van der Waals surface area contributed by atoms with Crippen molar-refractivity contribution in [2.45, 2.75) is 12.5 Å². The molecule has 0 aliphatic carbocycles. The Hall–Kier alpha value is -1.92. The zero-order chi connectivity index (χ0) is 15.5. The molecule has 7 heteroatoms. The molecule has 1 atom stereocenters. The van der Waals surface area contributed by atoms with E-state index in [4.69, 9.17) is 16.4 Å². The number of amides is 1. The van der Waals surface area contributed by atoms with Crippen LogP contribution in [0.3, 0.4) is 0 Å². The van der Waals surface area contributed by atoms with Crippen molar-refractivity contribution in [1.82, 2.24) is 4.98 Å². The van der Waals surface area contributed by atoms with E-state index in [9.17, 15) is 4.79 Å². The van der Waals surface area contributed by atoms with Crippen LogP contribution in [0.4, 0.5) is 5.82 Å². The summed E-state index contributed by atoms with van der Waals surface area (Å²) in [6.07, 6.45) is 1.22. The molecule has 112 valence electrons. The predicted molar refractivity (Wildman–Crippen MR) is 88.0 cm³/mol. The van der Waals surface area contributed by atoms with E-state index in [-0.39, 0.29) is 5.91 Å². The maximum Gasteiger partial charge on any atom is 0.269 e. The molecule has 3 rings (SSSR count). The fourth-order valence-electron chi connectivity index (χ4n) is 2.01. The van der Waals surface area contributed by atoms with Crippen LogP contribution < -0.4 is 5.32 Å². The molecule has 5 nitrogen and oxygen atoms in total. The highest BCUT2D eigenvalue weighted by molar-refractivity contribution is 9.10. The molecule has 22 heavy (non-hydrogen) atoms. The molecule has 1 aliphatic heterocycles. The molecule has 0 spiro atoms. The quantitative estimate of drug-likeness (QED) is 0.884. The number of aromatic nitrogens is 1. The van der Waals surface area contributed by atoms with Crippen LogP contribution in [-0.2, 0) is 9.63 Å². The maximum absolute atomic E-state index is 12.2. The fraction of sp³-hybridized carbons (Fsp3) is 0.133. The molecule has 0 radical (unpaired) electrons. The van der Waals surface area contributed by atoms with Gasteiger partial charge in [0.25, 0.3) is 5.91 Å². The average molecular weight is 381 g/mol. The minimum Gasteiger partial charge on any atom is -0.382 e. The topological polar surface area (TPSA) is 63.6 Å². The van der Waals surface area contributed by atoms with E-state index < -0.39 is 6.10 Å². The lowest BCUT2D eigenvalue weighted by atomic mass is 10.0. The van der Waals surface area contributed by atoms with Crippen molar-refractivity contribution in [1.29, 1.82) is 0 Å². The van der Waals surface area contributed by atoms with Gasteiger partial charge in [-0.05, 0) is 24.3 Å². The molecular formula is C15H11BrClN3O2. The van der Waals surface area contributed by atoms with Gasteiger partial charge in [-0.2, -0.15) is 0 Å². The number of pyridine rings is 1. The molecular weight excluding hydrogens is 370 g/mol. The smallest absolute Gasteiger partial charge is 0.269 e. The average Bonchev–Trinajstić information content (AvgIpc) is 3.00. The number of nitrogens with zero attached hydrogens (tertiary/aromatic N) is 2. The van der Waals surface area contributed by atoms with E-state index in [1.54, 1.807) is 12.1 Å². The van der Waals surface area contributed by atoms with Gasteiger partial charge in [-0.3, -0.25) is 4.79 Å². The number of anilines is 1. The second-order valence-electron chi connectivity index (χ2n) is 4.70. The highest BCUT2D eigenvalue weighted by atomic mass is 79.9. The van der Waals surface area contributed by atoms with Gasteiger partial charge < -0.3 is 10.2 Å². The zero-order valence-electron chi connectivity index (χ0n) is 11.3. The molecule has 0 fully saturated rings. The maximum atomic E-state index is 12.2. The van der Waals surface area contributed by atoms with Gasteiger partial charge in [-0.15, -0.1) is 0 Å². The van der Waals surface area contributed by atoms with Crippen molar-refractivity contribution in [3.8, 4) is 0 Å². The van der Waals surface area contributed by atoms with Gasteiger partial charge in [0.1, 0.15) is 5.82 Å². The van der Waals surface area contributed by atoms with Gasteiger partial charge in [0.15, 0.2) is 0 Å². The third kappa shape index (κ3) is 3.45. The highest BCUT2D eigenvalue weighted by Gasteiger charge is 2.29. The molecule has 1 aromatic heterocycles. The van der Waals surface area contributed by atoms with Gasteiger partial charge in [-0.25, -0.2) is 4.98 Å².